The largest absolute Gasteiger partial charge is 0.394 e. The Morgan fingerprint density at radius 3 is 2.26 bits per heavy atom. The number of hydrogen-bond donors (Lipinski definition) is 5. The third kappa shape index (κ3) is 4.22. The standard InChI is InChI=1S/C11H19NO7/c1-5(14)2-3-7(15)12-11-10(18)9(17)8(16)6(4-13)19-11/h6,8-11,13,16-18H,2-4H2,1H3,(H,12,15)/t6?,8-,9+,10?,11-/m1/s1. The van der Waals surface area contributed by atoms with Crippen molar-refractivity contribution in [1.29, 1.82) is 0 Å². The summed E-state index contributed by atoms with van der Waals surface area (Å²) < 4.78 is 5.08. The summed E-state index contributed by atoms with van der Waals surface area (Å²) in [7, 11) is 0. The summed E-state index contributed by atoms with van der Waals surface area (Å²) in [4.78, 5) is 22.2. The van der Waals surface area contributed by atoms with Crippen LogP contribution in [0, 0.1) is 0 Å². The SMILES string of the molecule is CC(=O)CCC(=O)N[C@@H]1OC(CO)[C@@H](O)[C@H](O)C1O. The molecule has 0 aromatic heterocycles. The van der Waals surface area contributed by atoms with Crippen LogP contribution in [-0.2, 0) is 14.3 Å². The maximum atomic E-state index is 11.5. The number of Topliss-reactive ketones (excluding diaryl/α,β-unsaturated/α-hetero) is 1. The summed E-state index contributed by atoms with van der Waals surface area (Å²) >= 11 is 0. The normalized spacial score (nSPS) is 34.9. The van der Waals surface area contributed by atoms with E-state index in [0.29, 0.717) is 0 Å². The predicted octanol–water partition coefficient (Wildman–Crippen LogP) is -2.73. The Balaban J connectivity index is 2.56. The summed E-state index contributed by atoms with van der Waals surface area (Å²) in [6.45, 7) is 0.784. The van der Waals surface area contributed by atoms with Gasteiger partial charge in [0.15, 0.2) is 6.23 Å². The highest BCUT2D eigenvalue weighted by Gasteiger charge is 2.43. The highest BCUT2D eigenvalue weighted by Crippen LogP contribution is 2.19. The molecule has 0 spiro atoms. The van der Waals surface area contributed by atoms with E-state index in [1.807, 2.05) is 0 Å². The van der Waals surface area contributed by atoms with Crippen molar-refractivity contribution in [2.24, 2.45) is 0 Å². The van der Waals surface area contributed by atoms with Gasteiger partial charge in [-0.3, -0.25) is 4.79 Å². The summed E-state index contributed by atoms with van der Waals surface area (Å²) in [5.41, 5.74) is 0. The number of aliphatic hydroxyl groups is 4. The van der Waals surface area contributed by atoms with Gasteiger partial charge in [-0.15, -0.1) is 0 Å². The lowest BCUT2D eigenvalue weighted by molar-refractivity contribution is -0.236. The molecular weight excluding hydrogens is 258 g/mol. The smallest absolute Gasteiger partial charge is 0.222 e. The maximum absolute atomic E-state index is 11.5. The fraction of sp³-hybridized carbons (Fsp3) is 0.818. The summed E-state index contributed by atoms with van der Waals surface area (Å²) in [5, 5.41) is 39.9. The van der Waals surface area contributed by atoms with Gasteiger partial charge in [0.1, 0.15) is 30.2 Å². The molecule has 0 aliphatic carbocycles. The van der Waals surface area contributed by atoms with Crippen molar-refractivity contribution >= 4 is 11.7 Å². The zero-order valence-electron chi connectivity index (χ0n) is 10.5. The zero-order chi connectivity index (χ0) is 14.6. The molecule has 0 bridgehead atoms. The third-order valence-electron chi connectivity index (χ3n) is 2.90. The number of carbonyl (C=O) groups is 2. The van der Waals surface area contributed by atoms with Crippen molar-refractivity contribution in [2.75, 3.05) is 6.61 Å². The molecule has 1 heterocycles. The van der Waals surface area contributed by atoms with E-state index >= 15 is 0 Å². The minimum Gasteiger partial charge on any atom is -0.394 e. The van der Waals surface area contributed by atoms with Crippen LogP contribution in [0.2, 0.25) is 0 Å². The van der Waals surface area contributed by atoms with Crippen LogP contribution in [0.15, 0.2) is 0 Å². The van der Waals surface area contributed by atoms with Gasteiger partial charge in [0, 0.05) is 12.8 Å². The Morgan fingerprint density at radius 1 is 1.11 bits per heavy atom. The highest BCUT2D eigenvalue weighted by molar-refractivity contribution is 5.83. The van der Waals surface area contributed by atoms with Crippen molar-refractivity contribution in [3.63, 3.8) is 0 Å². The lowest BCUT2D eigenvalue weighted by Gasteiger charge is -2.40. The Kier molecular flexibility index (Phi) is 5.83. The molecule has 0 aromatic rings. The topological polar surface area (TPSA) is 136 Å². The summed E-state index contributed by atoms with van der Waals surface area (Å²) in [6, 6.07) is 0. The first kappa shape index (κ1) is 16.0. The van der Waals surface area contributed by atoms with Crippen LogP contribution in [0.25, 0.3) is 0 Å². The number of amides is 1. The van der Waals surface area contributed by atoms with Crippen LogP contribution in [-0.4, -0.2) is 69.4 Å². The van der Waals surface area contributed by atoms with Crippen LogP contribution in [0.4, 0.5) is 0 Å². The van der Waals surface area contributed by atoms with Gasteiger partial charge in [-0.25, -0.2) is 0 Å². The zero-order valence-corrected chi connectivity index (χ0v) is 10.5. The molecule has 1 rings (SSSR count). The van der Waals surface area contributed by atoms with Crippen molar-refractivity contribution in [1.82, 2.24) is 5.32 Å². The minimum absolute atomic E-state index is 0.0588. The first-order chi connectivity index (χ1) is 8.86. The van der Waals surface area contributed by atoms with Crippen molar-refractivity contribution in [2.45, 2.75) is 50.4 Å². The van der Waals surface area contributed by atoms with Crippen molar-refractivity contribution in [3.05, 3.63) is 0 Å². The molecule has 0 radical (unpaired) electrons. The van der Waals surface area contributed by atoms with Gasteiger partial charge in [0.25, 0.3) is 0 Å². The Bertz CT molecular complexity index is 333. The van der Waals surface area contributed by atoms with Crippen LogP contribution < -0.4 is 5.32 Å². The number of ketones is 1. The maximum Gasteiger partial charge on any atom is 0.222 e. The molecule has 2 unspecified atom stereocenters. The Labute approximate surface area is 110 Å². The number of hydrogen-bond acceptors (Lipinski definition) is 7. The molecular formula is C11H19NO7. The average molecular weight is 277 g/mol. The van der Waals surface area contributed by atoms with E-state index in [1.54, 1.807) is 0 Å². The van der Waals surface area contributed by atoms with E-state index < -0.39 is 43.2 Å². The summed E-state index contributed by atoms with van der Waals surface area (Å²) in [5.74, 6) is -0.677. The number of aliphatic hydroxyl groups excluding tert-OH is 4. The van der Waals surface area contributed by atoms with Crippen LogP contribution in [0.5, 0.6) is 0 Å². The molecule has 1 aliphatic heterocycles. The Morgan fingerprint density at radius 2 is 1.74 bits per heavy atom. The molecule has 1 fully saturated rings. The third-order valence-corrected chi connectivity index (χ3v) is 2.90. The number of nitrogens with one attached hydrogen (secondary N) is 1. The van der Waals surface area contributed by atoms with E-state index in [4.69, 9.17) is 9.84 Å². The second-order valence-corrected chi connectivity index (χ2v) is 4.52. The van der Waals surface area contributed by atoms with Gasteiger partial charge in [-0.05, 0) is 6.92 Å². The van der Waals surface area contributed by atoms with Gasteiger partial charge >= 0.3 is 0 Å². The van der Waals surface area contributed by atoms with Crippen molar-refractivity contribution in [3.8, 4) is 0 Å². The number of carbonyl (C=O) groups excluding carboxylic acids is 2. The fourth-order valence-corrected chi connectivity index (χ4v) is 1.74. The van der Waals surface area contributed by atoms with Gasteiger partial charge in [0.2, 0.25) is 5.91 Å². The monoisotopic (exact) mass is 277 g/mol. The molecule has 8 nitrogen and oxygen atoms in total. The van der Waals surface area contributed by atoms with Gasteiger partial charge in [-0.1, -0.05) is 0 Å². The number of ether oxygens (including phenoxy) is 1. The van der Waals surface area contributed by atoms with E-state index in [9.17, 15) is 24.9 Å². The average Bonchev–Trinajstić information content (AvgIpc) is 2.37. The second-order valence-electron chi connectivity index (χ2n) is 4.52. The lowest BCUT2D eigenvalue weighted by Crippen LogP contribution is -2.63. The molecule has 5 atom stereocenters. The molecule has 1 saturated heterocycles. The second kappa shape index (κ2) is 6.92. The van der Waals surface area contributed by atoms with Crippen LogP contribution >= 0.6 is 0 Å². The molecule has 1 aliphatic rings. The van der Waals surface area contributed by atoms with E-state index in [-0.39, 0.29) is 18.6 Å². The molecule has 19 heavy (non-hydrogen) atoms. The quantitative estimate of drug-likeness (QED) is 0.368. The molecule has 1 amide bonds. The minimum atomic E-state index is -1.54. The van der Waals surface area contributed by atoms with E-state index in [1.165, 1.54) is 6.92 Å². The van der Waals surface area contributed by atoms with Gasteiger partial charge in [0.05, 0.1) is 6.61 Å². The number of rotatable bonds is 5. The Hall–Kier alpha value is -1.06. The molecule has 0 saturated carbocycles. The van der Waals surface area contributed by atoms with Gasteiger partial charge < -0.3 is 35.3 Å². The molecule has 5 N–H and O–H groups in total. The molecule has 0 aromatic carbocycles. The fourth-order valence-electron chi connectivity index (χ4n) is 1.74. The molecule has 8 heteroatoms. The summed E-state index contributed by atoms with van der Waals surface area (Å²) in [6.07, 6.45) is -6.84. The molecule has 110 valence electrons. The lowest BCUT2D eigenvalue weighted by atomic mass is 9.98. The van der Waals surface area contributed by atoms with Crippen molar-refractivity contribution < 1.29 is 34.8 Å². The van der Waals surface area contributed by atoms with E-state index in [0.717, 1.165) is 0 Å². The van der Waals surface area contributed by atoms with Gasteiger partial charge in [-0.2, -0.15) is 0 Å². The van der Waals surface area contributed by atoms with Crippen LogP contribution in [0.1, 0.15) is 19.8 Å². The first-order valence-corrected chi connectivity index (χ1v) is 5.96. The van der Waals surface area contributed by atoms with E-state index in [2.05, 4.69) is 5.32 Å². The highest BCUT2D eigenvalue weighted by atomic mass is 16.6. The van der Waals surface area contributed by atoms with Crippen LogP contribution in [0.3, 0.4) is 0 Å². The predicted molar refractivity (Wildman–Crippen MR) is 61.8 cm³/mol. The first-order valence-electron chi connectivity index (χ1n) is 5.96.